The first kappa shape index (κ1) is 20.7. The van der Waals surface area contributed by atoms with E-state index < -0.39 is 0 Å². The van der Waals surface area contributed by atoms with E-state index in [9.17, 15) is 0 Å². The molecule has 0 fully saturated rings. The summed E-state index contributed by atoms with van der Waals surface area (Å²) >= 11 is 22.8. The van der Waals surface area contributed by atoms with Gasteiger partial charge in [0.1, 0.15) is 0 Å². The highest BCUT2D eigenvalue weighted by molar-refractivity contribution is 9.11. The first-order valence-corrected chi connectivity index (χ1v) is 14.2. The Bertz CT molecular complexity index is 1300. The van der Waals surface area contributed by atoms with Gasteiger partial charge in [-0.15, -0.1) is 0 Å². The molecule has 2 nitrogen and oxygen atoms in total. The number of pyridine rings is 2. The van der Waals surface area contributed by atoms with Crippen LogP contribution in [0.2, 0.25) is 0 Å². The van der Waals surface area contributed by atoms with Gasteiger partial charge in [0, 0.05) is 40.5 Å². The minimum Gasteiger partial charge on any atom is -0.251 e. The summed E-state index contributed by atoms with van der Waals surface area (Å²) in [6, 6.07) is 12.8. The number of benzene rings is 2. The zero-order chi connectivity index (χ0) is 20.9. The molecule has 150 valence electrons. The molecule has 2 aliphatic carbocycles. The summed E-state index contributed by atoms with van der Waals surface area (Å²) in [6.07, 6.45) is 0. The fraction of sp³-hybridized carbons (Fsp3) is 0.182. The summed E-state index contributed by atoms with van der Waals surface area (Å²) < 4.78 is 4.13. The lowest BCUT2D eigenvalue weighted by Crippen LogP contribution is -2.04. The van der Waals surface area contributed by atoms with Crippen molar-refractivity contribution in [1.29, 1.82) is 0 Å². The van der Waals surface area contributed by atoms with Gasteiger partial charge in [-0.2, -0.15) is 0 Å². The second kappa shape index (κ2) is 7.32. The quantitative estimate of drug-likeness (QED) is 0.166. The fourth-order valence-electron chi connectivity index (χ4n) is 4.79. The molecule has 2 aromatic carbocycles. The Balaban J connectivity index is 1.62. The smallest absolute Gasteiger partial charge is 0.0858 e. The van der Waals surface area contributed by atoms with Crippen LogP contribution in [0.5, 0.6) is 0 Å². The van der Waals surface area contributed by atoms with Crippen LogP contribution < -0.4 is 0 Å². The topological polar surface area (TPSA) is 25.8 Å². The predicted molar refractivity (Wildman–Crippen MR) is 143 cm³/mol. The van der Waals surface area contributed by atoms with Crippen molar-refractivity contribution in [2.45, 2.75) is 21.5 Å². The lowest BCUT2D eigenvalue weighted by molar-refractivity contribution is 0.609. The lowest BCUT2D eigenvalue weighted by atomic mass is 9.97. The molecule has 0 aliphatic heterocycles. The van der Waals surface area contributed by atoms with Crippen LogP contribution in [-0.4, -0.2) is 9.97 Å². The number of hydrogen-bond acceptors (Lipinski definition) is 2. The summed E-state index contributed by atoms with van der Waals surface area (Å²) in [5.41, 5.74) is 6.78. The molecular weight excluding hydrogens is 772 g/mol. The second-order valence-corrected chi connectivity index (χ2v) is 13.0. The van der Waals surface area contributed by atoms with Crippen molar-refractivity contribution in [2.24, 2.45) is 0 Å². The normalized spacial score (nSPS) is 24.3. The number of alkyl halides is 2. The Kier molecular flexibility index (Phi) is 5.06. The van der Waals surface area contributed by atoms with Gasteiger partial charge in [0.15, 0.2) is 0 Å². The predicted octanol–water partition coefficient (Wildman–Crippen LogP) is 9.60. The summed E-state index contributed by atoms with van der Waals surface area (Å²) in [5, 5.41) is 2.24. The third-order valence-corrected chi connectivity index (χ3v) is 10.9. The summed E-state index contributed by atoms with van der Waals surface area (Å²) in [6.45, 7) is 0. The van der Waals surface area contributed by atoms with Crippen molar-refractivity contribution in [2.75, 3.05) is 0 Å². The van der Waals surface area contributed by atoms with Crippen molar-refractivity contribution in [3.63, 3.8) is 0 Å². The molecule has 2 heterocycles. The monoisotopic (exact) mass is 776 g/mol. The Hall–Kier alpha value is 0.140. The van der Waals surface area contributed by atoms with Gasteiger partial charge in [-0.05, 0) is 79.4 Å². The summed E-state index contributed by atoms with van der Waals surface area (Å²) in [7, 11) is 0. The minimum atomic E-state index is 0.164. The molecule has 30 heavy (non-hydrogen) atoms. The van der Waals surface area contributed by atoms with E-state index >= 15 is 0 Å². The second-order valence-electron chi connectivity index (χ2n) is 7.63. The molecule has 0 N–H and O–H groups in total. The van der Waals surface area contributed by atoms with E-state index in [0.717, 1.165) is 51.1 Å². The Morgan fingerprint density at radius 1 is 0.567 bits per heavy atom. The molecule has 2 aromatic heterocycles. The Labute approximate surface area is 223 Å². The van der Waals surface area contributed by atoms with Gasteiger partial charge >= 0.3 is 0 Å². The van der Waals surface area contributed by atoms with E-state index in [1.54, 1.807) is 0 Å². The molecule has 0 saturated carbocycles. The highest BCUT2D eigenvalue weighted by Crippen LogP contribution is 2.66. The number of halogens is 6. The SMILES string of the molecule is Brc1ccc(Br)c2nc3c(cc12)[C@@H](Br)[C@@H]1c2nc4c(Br)ccc(Br)c4cc2[C@@H](Br)[C@H]31. The van der Waals surface area contributed by atoms with Crippen LogP contribution in [0.1, 0.15) is 44.0 Å². The summed E-state index contributed by atoms with van der Waals surface area (Å²) in [4.78, 5) is 10.7. The number of nitrogens with zero attached hydrogens (tertiary/aromatic N) is 2. The van der Waals surface area contributed by atoms with E-state index in [2.05, 4.69) is 120 Å². The average molecular weight is 782 g/mol. The van der Waals surface area contributed by atoms with E-state index in [-0.39, 0.29) is 21.5 Å². The molecule has 8 heteroatoms. The first-order valence-electron chi connectivity index (χ1n) is 9.22. The van der Waals surface area contributed by atoms with Crippen LogP contribution in [0, 0.1) is 0 Å². The van der Waals surface area contributed by atoms with Gasteiger partial charge in [-0.3, -0.25) is 9.97 Å². The maximum Gasteiger partial charge on any atom is 0.0858 e. The van der Waals surface area contributed by atoms with Gasteiger partial charge in [0.05, 0.1) is 32.1 Å². The number of fused-ring (bicyclic) bond motifs is 7. The Morgan fingerprint density at radius 3 is 1.33 bits per heavy atom. The molecule has 4 aromatic rings. The minimum absolute atomic E-state index is 0.164. The molecule has 2 aliphatic rings. The van der Waals surface area contributed by atoms with E-state index in [0.29, 0.717) is 0 Å². The molecule has 0 radical (unpaired) electrons. The van der Waals surface area contributed by atoms with Crippen LogP contribution in [0.3, 0.4) is 0 Å². The van der Waals surface area contributed by atoms with Gasteiger partial charge in [0.2, 0.25) is 0 Å². The number of aromatic nitrogens is 2. The number of rotatable bonds is 0. The zero-order valence-electron chi connectivity index (χ0n) is 14.9. The fourth-order valence-corrected chi connectivity index (χ4v) is 8.42. The van der Waals surface area contributed by atoms with Gasteiger partial charge in [-0.1, -0.05) is 63.7 Å². The zero-order valence-corrected chi connectivity index (χ0v) is 24.5. The van der Waals surface area contributed by atoms with Gasteiger partial charge < -0.3 is 0 Å². The first-order chi connectivity index (χ1) is 14.4. The van der Waals surface area contributed by atoms with Crippen molar-refractivity contribution < 1.29 is 0 Å². The highest BCUT2D eigenvalue weighted by atomic mass is 79.9. The van der Waals surface area contributed by atoms with Gasteiger partial charge in [-0.25, -0.2) is 0 Å². The molecule has 0 unspecified atom stereocenters. The van der Waals surface area contributed by atoms with Crippen LogP contribution in [0.25, 0.3) is 21.8 Å². The van der Waals surface area contributed by atoms with Crippen molar-refractivity contribution in [3.05, 3.63) is 76.8 Å². The highest BCUT2D eigenvalue weighted by Gasteiger charge is 2.52. The third-order valence-electron chi connectivity index (χ3n) is 6.13. The number of hydrogen-bond donors (Lipinski definition) is 0. The molecule has 0 spiro atoms. The van der Waals surface area contributed by atoms with E-state index in [4.69, 9.17) is 9.97 Å². The maximum atomic E-state index is 5.16. The van der Waals surface area contributed by atoms with E-state index in [1.165, 1.54) is 11.1 Å². The third kappa shape index (κ3) is 2.79. The lowest BCUT2D eigenvalue weighted by Gasteiger charge is -2.15. The largest absolute Gasteiger partial charge is 0.251 e. The van der Waals surface area contributed by atoms with Crippen molar-refractivity contribution >= 4 is 117 Å². The van der Waals surface area contributed by atoms with Crippen molar-refractivity contribution in [3.8, 4) is 0 Å². The average Bonchev–Trinajstić information content (AvgIpc) is 3.19. The van der Waals surface area contributed by atoms with Crippen LogP contribution >= 0.6 is 95.6 Å². The molecular formula is C22H10Br6N2. The molecule has 0 saturated heterocycles. The standard InChI is InChI=1S/C22H10Br6N2/c23-11-1-3-13(25)19-7(11)5-9-17(27)15-16(21(9)29-19)18(28)10-6-8-12(24)2-4-14(26)20(8)30-22(10)15/h1-6,15-18H/t15-,16-,17-,18-/m1/s1. The van der Waals surface area contributed by atoms with Gasteiger partial charge in [0.25, 0.3) is 0 Å². The Morgan fingerprint density at radius 2 is 0.933 bits per heavy atom. The van der Waals surface area contributed by atoms with Crippen LogP contribution in [0.4, 0.5) is 0 Å². The van der Waals surface area contributed by atoms with Crippen molar-refractivity contribution in [1.82, 2.24) is 9.97 Å². The summed E-state index contributed by atoms with van der Waals surface area (Å²) in [5.74, 6) is 0.466. The van der Waals surface area contributed by atoms with E-state index in [1.807, 2.05) is 12.1 Å². The molecule has 0 bridgehead atoms. The van der Waals surface area contributed by atoms with Crippen LogP contribution in [-0.2, 0) is 0 Å². The maximum absolute atomic E-state index is 5.16. The molecule has 0 amide bonds. The molecule has 6 rings (SSSR count). The molecule has 4 atom stereocenters. The van der Waals surface area contributed by atoms with Crippen LogP contribution in [0.15, 0.2) is 54.3 Å².